The summed E-state index contributed by atoms with van der Waals surface area (Å²) in [6.45, 7) is 5.45. The van der Waals surface area contributed by atoms with E-state index in [9.17, 15) is 5.11 Å². The Bertz CT molecular complexity index is 277. The van der Waals surface area contributed by atoms with Gasteiger partial charge in [0.1, 0.15) is 0 Å². The normalized spacial score (nSPS) is 33.3. The van der Waals surface area contributed by atoms with E-state index in [-0.39, 0.29) is 17.7 Å². The van der Waals surface area contributed by atoms with Crippen molar-refractivity contribution in [3.63, 3.8) is 0 Å². The Hall–Kier alpha value is -0.160. The van der Waals surface area contributed by atoms with Crippen LogP contribution in [0.1, 0.15) is 32.6 Å². The van der Waals surface area contributed by atoms with Gasteiger partial charge in [-0.1, -0.05) is 0 Å². The molecule has 1 saturated carbocycles. The number of likely N-dealkylation sites (tertiary alicyclic amines) is 1. The van der Waals surface area contributed by atoms with Crippen LogP contribution in [-0.2, 0) is 4.74 Å². The Morgan fingerprint density at radius 3 is 2.72 bits per heavy atom. The fraction of sp³-hybridized carbons (Fsp3) is 1.00. The molecule has 0 amide bonds. The van der Waals surface area contributed by atoms with Gasteiger partial charge in [-0.3, -0.25) is 4.90 Å². The Morgan fingerprint density at radius 1 is 1.50 bits per heavy atom. The third-order valence-electron chi connectivity index (χ3n) is 4.88. The minimum atomic E-state index is -0.105. The SMILES string of the molecule is CNC(CO)(CN1CCCC(C)(OC)C1)C1CC1. The van der Waals surface area contributed by atoms with Crippen LogP contribution in [0.2, 0.25) is 0 Å². The quantitative estimate of drug-likeness (QED) is 0.739. The average molecular weight is 256 g/mol. The fourth-order valence-corrected chi connectivity index (χ4v) is 3.31. The summed E-state index contributed by atoms with van der Waals surface area (Å²) < 4.78 is 5.64. The van der Waals surface area contributed by atoms with Crippen molar-refractivity contribution in [3.8, 4) is 0 Å². The maximum Gasteiger partial charge on any atom is 0.0777 e. The highest BCUT2D eigenvalue weighted by Gasteiger charge is 2.45. The second-order valence-corrected chi connectivity index (χ2v) is 6.31. The van der Waals surface area contributed by atoms with E-state index in [1.165, 1.54) is 19.3 Å². The van der Waals surface area contributed by atoms with E-state index in [4.69, 9.17) is 4.74 Å². The third-order valence-corrected chi connectivity index (χ3v) is 4.88. The maximum absolute atomic E-state index is 9.78. The number of hydrogen-bond donors (Lipinski definition) is 2. The van der Waals surface area contributed by atoms with E-state index < -0.39 is 0 Å². The van der Waals surface area contributed by atoms with Crippen molar-refractivity contribution in [1.29, 1.82) is 0 Å². The number of ether oxygens (including phenoxy) is 1. The molecule has 106 valence electrons. The van der Waals surface area contributed by atoms with E-state index in [1.54, 1.807) is 0 Å². The maximum atomic E-state index is 9.78. The number of nitrogens with one attached hydrogen (secondary N) is 1. The van der Waals surface area contributed by atoms with E-state index in [2.05, 4.69) is 17.1 Å². The Labute approximate surface area is 111 Å². The summed E-state index contributed by atoms with van der Waals surface area (Å²) in [5, 5.41) is 13.2. The molecule has 2 unspecified atom stereocenters. The van der Waals surface area contributed by atoms with Crippen molar-refractivity contribution < 1.29 is 9.84 Å². The number of hydrogen-bond acceptors (Lipinski definition) is 4. The lowest BCUT2D eigenvalue weighted by Crippen LogP contribution is -2.60. The predicted octanol–water partition coefficient (Wildman–Crippen LogP) is 0.848. The molecule has 2 rings (SSSR count). The van der Waals surface area contributed by atoms with Gasteiger partial charge < -0.3 is 15.2 Å². The summed E-state index contributed by atoms with van der Waals surface area (Å²) in [4.78, 5) is 2.46. The lowest BCUT2D eigenvalue weighted by Gasteiger charge is -2.44. The molecule has 1 saturated heterocycles. The highest BCUT2D eigenvalue weighted by atomic mass is 16.5. The van der Waals surface area contributed by atoms with Crippen molar-refractivity contribution in [2.75, 3.05) is 40.4 Å². The fourth-order valence-electron chi connectivity index (χ4n) is 3.31. The molecule has 0 aromatic heterocycles. The summed E-state index contributed by atoms with van der Waals surface area (Å²) in [5.74, 6) is 0.642. The van der Waals surface area contributed by atoms with Crippen molar-refractivity contribution >= 4 is 0 Å². The van der Waals surface area contributed by atoms with Crippen LogP contribution < -0.4 is 5.32 Å². The van der Waals surface area contributed by atoms with Crippen LogP contribution in [0.4, 0.5) is 0 Å². The number of nitrogens with zero attached hydrogens (tertiary/aromatic N) is 1. The van der Waals surface area contributed by atoms with Gasteiger partial charge in [0.05, 0.1) is 17.7 Å². The molecule has 0 aromatic carbocycles. The summed E-state index contributed by atoms with van der Waals surface area (Å²) in [6.07, 6.45) is 4.81. The Morgan fingerprint density at radius 2 is 2.22 bits per heavy atom. The van der Waals surface area contributed by atoms with Crippen LogP contribution in [0.5, 0.6) is 0 Å². The molecule has 2 atom stereocenters. The topological polar surface area (TPSA) is 44.7 Å². The lowest BCUT2D eigenvalue weighted by atomic mass is 9.89. The largest absolute Gasteiger partial charge is 0.394 e. The molecular weight excluding hydrogens is 228 g/mol. The van der Waals surface area contributed by atoms with Gasteiger partial charge in [0.2, 0.25) is 0 Å². The highest BCUT2D eigenvalue weighted by Crippen LogP contribution is 2.40. The second-order valence-electron chi connectivity index (χ2n) is 6.31. The molecule has 0 bridgehead atoms. The number of likely N-dealkylation sites (N-methyl/N-ethyl adjacent to an activating group) is 1. The summed E-state index contributed by atoms with van der Waals surface area (Å²) >= 11 is 0. The third kappa shape index (κ3) is 2.87. The minimum Gasteiger partial charge on any atom is -0.394 e. The van der Waals surface area contributed by atoms with Crippen LogP contribution in [-0.4, -0.2) is 61.5 Å². The Balaban J connectivity index is 1.98. The van der Waals surface area contributed by atoms with Crippen LogP contribution in [0.25, 0.3) is 0 Å². The van der Waals surface area contributed by atoms with Gasteiger partial charge in [-0.05, 0) is 52.1 Å². The number of piperidine rings is 1. The molecule has 4 nitrogen and oxygen atoms in total. The van der Waals surface area contributed by atoms with Gasteiger partial charge in [-0.2, -0.15) is 0 Å². The lowest BCUT2D eigenvalue weighted by molar-refractivity contribution is -0.0597. The van der Waals surface area contributed by atoms with Gasteiger partial charge in [-0.25, -0.2) is 0 Å². The van der Waals surface area contributed by atoms with E-state index in [0.29, 0.717) is 5.92 Å². The van der Waals surface area contributed by atoms with E-state index >= 15 is 0 Å². The van der Waals surface area contributed by atoms with Gasteiger partial charge >= 0.3 is 0 Å². The van der Waals surface area contributed by atoms with E-state index in [0.717, 1.165) is 26.1 Å². The summed E-state index contributed by atoms with van der Waals surface area (Å²) in [7, 11) is 3.79. The first-order valence-electron chi connectivity index (χ1n) is 7.15. The first-order chi connectivity index (χ1) is 8.57. The standard InChI is InChI=1S/C14H28N2O2/c1-13(18-3)7-4-8-16(9-13)10-14(11-17,15-2)12-5-6-12/h12,15,17H,4-11H2,1-3H3. The number of aliphatic hydroxyl groups excluding tert-OH is 1. The molecule has 4 heteroatoms. The first-order valence-corrected chi connectivity index (χ1v) is 7.15. The zero-order valence-corrected chi connectivity index (χ0v) is 12.0. The molecular formula is C14H28N2O2. The molecule has 0 radical (unpaired) electrons. The van der Waals surface area contributed by atoms with Gasteiger partial charge in [-0.15, -0.1) is 0 Å². The van der Waals surface area contributed by atoms with Crippen LogP contribution in [0.15, 0.2) is 0 Å². The zero-order chi connectivity index (χ0) is 13.2. The Kier molecular flexibility index (Phi) is 4.32. The molecule has 2 fully saturated rings. The van der Waals surface area contributed by atoms with Crippen molar-refractivity contribution in [1.82, 2.24) is 10.2 Å². The predicted molar refractivity (Wildman–Crippen MR) is 72.7 cm³/mol. The van der Waals surface area contributed by atoms with E-state index in [1.807, 2.05) is 14.2 Å². The minimum absolute atomic E-state index is 0.0171. The molecule has 1 aliphatic carbocycles. The first kappa shape index (κ1) is 14.3. The molecule has 2 N–H and O–H groups in total. The monoisotopic (exact) mass is 256 g/mol. The van der Waals surface area contributed by atoms with Gasteiger partial charge in [0.15, 0.2) is 0 Å². The van der Waals surface area contributed by atoms with Gasteiger partial charge in [0.25, 0.3) is 0 Å². The number of rotatable bonds is 6. The molecule has 0 aromatic rings. The van der Waals surface area contributed by atoms with Crippen molar-refractivity contribution in [3.05, 3.63) is 0 Å². The summed E-state index contributed by atoms with van der Waals surface area (Å²) in [5.41, 5.74) is -0.122. The van der Waals surface area contributed by atoms with Crippen LogP contribution >= 0.6 is 0 Å². The molecule has 18 heavy (non-hydrogen) atoms. The molecule has 1 heterocycles. The number of methoxy groups -OCH3 is 1. The molecule has 1 aliphatic heterocycles. The van der Waals surface area contributed by atoms with Crippen LogP contribution in [0.3, 0.4) is 0 Å². The smallest absolute Gasteiger partial charge is 0.0777 e. The van der Waals surface area contributed by atoms with Crippen molar-refractivity contribution in [2.24, 2.45) is 5.92 Å². The number of aliphatic hydroxyl groups is 1. The summed E-state index contributed by atoms with van der Waals surface area (Å²) in [6, 6.07) is 0. The average Bonchev–Trinajstić information content (AvgIpc) is 3.21. The molecule has 2 aliphatic rings. The second kappa shape index (κ2) is 5.45. The van der Waals surface area contributed by atoms with Crippen LogP contribution in [0, 0.1) is 5.92 Å². The van der Waals surface area contributed by atoms with Gasteiger partial charge in [0, 0.05) is 20.2 Å². The van der Waals surface area contributed by atoms with Crippen molar-refractivity contribution in [2.45, 2.75) is 43.7 Å². The highest BCUT2D eigenvalue weighted by molar-refractivity contribution is 5.03. The zero-order valence-electron chi connectivity index (χ0n) is 12.0. The molecule has 0 spiro atoms.